The van der Waals surface area contributed by atoms with Crippen LogP contribution in [-0.4, -0.2) is 208 Å². The second kappa shape index (κ2) is 55.2. The van der Waals surface area contributed by atoms with E-state index in [1.54, 1.807) is 41.5 Å². The van der Waals surface area contributed by atoms with Crippen LogP contribution in [0.25, 0.3) is 26.4 Å². The van der Waals surface area contributed by atoms with E-state index in [0.717, 1.165) is 174 Å². The molecule has 0 radical (unpaired) electrons. The maximum Gasteiger partial charge on any atom is 1.00 e. The zero-order chi connectivity index (χ0) is 102. The van der Waals surface area contributed by atoms with Crippen LogP contribution >= 0.6 is 30.2 Å². The number of nitrogens with zero attached hydrogens (tertiary/aromatic N) is 11. The minimum Gasteiger partial charge on any atom is -0.444 e. The van der Waals surface area contributed by atoms with E-state index in [9.17, 15) is 27.6 Å². The molecule has 12 aliphatic rings. The van der Waals surface area contributed by atoms with Crippen LogP contribution in [-0.2, 0) is 65.5 Å². The van der Waals surface area contributed by atoms with Crippen LogP contribution in [0.4, 0.5) is 19.2 Å². The molecule has 6 aliphatic heterocycles. The molecular weight excluding hydrogens is 1880 g/mol. The molecular formula is C110H149Cl2N15NaO12PS. The van der Waals surface area contributed by atoms with Crippen molar-refractivity contribution in [1.29, 1.82) is 0 Å². The van der Waals surface area contributed by atoms with E-state index in [4.69, 9.17) is 58.0 Å². The average molecular weight is 2030 g/mol. The molecule has 6 heterocycles. The Labute approximate surface area is 875 Å². The summed E-state index contributed by atoms with van der Waals surface area (Å²) in [6.07, 6.45) is -1.78. The number of benzene rings is 8. The molecule has 12 atom stereocenters. The number of aliphatic hydroxyl groups excluding tert-OH is 1. The van der Waals surface area contributed by atoms with Crippen molar-refractivity contribution < 1.29 is 85.9 Å². The Hall–Kier alpha value is -8.70. The first-order chi connectivity index (χ1) is 67.3. The number of carbonyl (C=O) groups is 4. The van der Waals surface area contributed by atoms with Gasteiger partial charge < -0.3 is 61.5 Å². The number of aliphatic hydroxyl groups is 1. The Kier molecular flexibility index (Phi) is 44.8. The van der Waals surface area contributed by atoms with Gasteiger partial charge in [-0.3, -0.25) is 29.4 Å². The third-order valence-electron chi connectivity index (χ3n) is 27.5. The summed E-state index contributed by atoms with van der Waals surface area (Å²) in [6, 6.07) is 85.7. The van der Waals surface area contributed by atoms with E-state index in [0.29, 0.717) is 36.8 Å². The quantitative estimate of drug-likeness (QED) is 0.00402. The molecule has 12 unspecified atom stereocenters. The second-order valence-electron chi connectivity index (χ2n) is 42.9. The minimum atomic E-state index is -3.19. The van der Waals surface area contributed by atoms with E-state index in [2.05, 4.69) is 309 Å². The van der Waals surface area contributed by atoms with Crippen molar-refractivity contribution in [3.63, 3.8) is 0 Å². The van der Waals surface area contributed by atoms with Crippen molar-refractivity contribution in [2.45, 2.75) is 138 Å². The SMILES string of the molecule is CC(C)(C)OC(=O)NCC1C2CN(Cc3ccccc3)CC12.CC(C)(C)OC(=O)NCC1C2CNCC21.CC(C)(C)OC(=O)OC(=O)OC(C)(C)C.CS(=O)(=O)Cl.ClCC1C2CN(Cc3ccccc3)CC12.NCC1C2CN(Cc3ccccc3)CC12.OCC1C2CN(Cc3ccccc3)CC12.[N-]=[N+]=NCC1C2CN(Cc3ccccc3)CC12.[N-]=[N+]=[N-].[Na+].c1ccc(P(c2ccccc2)c2ccccc2)cc1. The molecule has 762 valence electrons. The number of likely N-dealkylation sites (tertiary alicyclic amines) is 5. The third kappa shape index (κ3) is 39.6. The molecule has 8 aromatic rings. The second-order valence-corrected chi connectivity index (χ2v) is 48.5. The molecule has 0 aromatic heterocycles. The molecule has 8 aromatic carbocycles. The number of rotatable bonds is 22. The molecule has 6 aliphatic carbocycles. The third-order valence-corrected chi connectivity index (χ3v) is 30.3. The zero-order valence-electron chi connectivity index (χ0n) is 85.3. The molecule has 2 amide bonds. The molecule has 6 saturated heterocycles. The number of hydrogen-bond acceptors (Lipinski definition) is 20. The molecule has 32 heteroatoms. The van der Waals surface area contributed by atoms with Gasteiger partial charge in [0.2, 0.25) is 9.05 Å². The van der Waals surface area contributed by atoms with Crippen LogP contribution < -0.4 is 67.2 Å². The van der Waals surface area contributed by atoms with Crippen LogP contribution in [0, 0.1) is 107 Å². The Morgan fingerprint density at radius 2 is 0.641 bits per heavy atom. The van der Waals surface area contributed by atoms with Gasteiger partial charge in [-0.15, -0.1) is 11.6 Å². The predicted molar refractivity (Wildman–Crippen MR) is 563 cm³/mol. The van der Waals surface area contributed by atoms with Gasteiger partial charge in [-0.2, -0.15) is 0 Å². The van der Waals surface area contributed by atoms with Crippen LogP contribution in [0.15, 0.2) is 248 Å². The normalized spacial score (nSPS) is 25.4. The molecule has 0 bridgehead atoms. The van der Waals surface area contributed by atoms with Gasteiger partial charge in [0.05, 0.1) is 6.26 Å². The largest absolute Gasteiger partial charge is 1.00 e. The fraction of sp³-hybridized carbons (Fsp3) is 0.527. The number of nitrogens with one attached hydrogen (secondary N) is 3. The van der Waals surface area contributed by atoms with Crippen molar-refractivity contribution in [3.05, 3.63) is 297 Å². The number of alkyl carbamates (subject to hydrolysis) is 2. The molecule has 12 fully saturated rings. The topological polar surface area (TPSA) is 355 Å². The number of ether oxygens (including phenoxy) is 5. The maximum absolute atomic E-state index is 11.7. The minimum absolute atomic E-state index is 0. The number of alkyl halides is 1. The van der Waals surface area contributed by atoms with Crippen LogP contribution in [0.1, 0.15) is 111 Å². The van der Waals surface area contributed by atoms with Crippen molar-refractivity contribution in [3.8, 4) is 0 Å². The molecule has 27 nitrogen and oxygen atoms in total. The van der Waals surface area contributed by atoms with Gasteiger partial charge in [0, 0.05) is 146 Å². The van der Waals surface area contributed by atoms with E-state index in [-0.39, 0.29) is 41.7 Å². The Morgan fingerprint density at radius 3 is 0.880 bits per heavy atom. The summed E-state index contributed by atoms with van der Waals surface area (Å²) in [4.78, 5) is 62.1. The summed E-state index contributed by atoms with van der Waals surface area (Å²) in [5.41, 5.74) is 32.3. The first-order valence-electron chi connectivity index (χ1n) is 49.6. The monoisotopic (exact) mass is 2030 g/mol. The Balaban J connectivity index is 0.000000165. The molecule has 6 saturated carbocycles. The summed E-state index contributed by atoms with van der Waals surface area (Å²) in [7, 11) is 0.862. The smallest absolute Gasteiger partial charge is 0.444 e. The van der Waals surface area contributed by atoms with Gasteiger partial charge in [0.15, 0.2) is 0 Å². The zero-order valence-corrected chi connectivity index (χ0v) is 90.5. The number of halogens is 2. The van der Waals surface area contributed by atoms with Gasteiger partial charge in [0.1, 0.15) is 22.4 Å². The maximum atomic E-state index is 11.7. The van der Waals surface area contributed by atoms with Crippen LogP contribution in [0.2, 0.25) is 0 Å². The van der Waals surface area contributed by atoms with Gasteiger partial charge in [0.25, 0.3) is 0 Å². The summed E-state index contributed by atoms with van der Waals surface area (Å²) in [5, 5.41) is 26.0. The summed E-state index contributed by atoms with van der Waals surface area (Å²) in [6.45, 7) is 44.5. The van der Waals surface area contributed by atoms with Crippen LogP contribution in [0.5, 0.6) is 0 Å². The summed E-state index contributed by atoms with van der Waals surface area (Å²) in [5.74, 6) is 15.0. The van der Waals surface area contributed by atoms with Crippen LogP contribution in [0.3, 0.4) is 0 Å². The van der Waals surface area contributed by atoms with Crippen molar-refractivity contribution in [2.75, 3.05) is 123 Å². The number of hydrogen-bond donors (Lipinski definition) is 5. The Bertz CT molecular complexity index is 5000. The number of piperidine rings is 6. The fourth-order valence-corrected chi connectivity index (χ4v) is 23.5. The Morgan fingerprint density at radius 1 is 0.408 bits per heavy atom. The number of carbonyl (C=O) groups excluding carboxylic acids is 4. The van der Waals surface area contributed by atoms with E-state index in [1.165, 1.54) is 101 Å². The summed E-state index contributed by atoms with van der Waals surface area (Å²) >= 11 is 5.89. The van der Waals surface area contributed by atoms with E-state index < -0.39 is 51.7 Å². The molecule has 142 heavy (non-hydrogen) atoms. The first kappa shape index (κ1) is 115. The first-order valence-corrected chi connectivity index (χ1v) is 54.2. The van der Waals surface area contributed by atoms with Crippen molar-refractivity contribution in [1.82, 2.24) is 40.4 Å². The number of amides is 2. The fourth-order valence-electron chi connectivity index (χ4n) is 20.8. The van der Waals surface area contributed by atoms with Gasteiger partial charge in [-0.05, 0) is 266 Å². The molecule has 6 N–H and O–H groups in total. The van der Waals surface area contributed by atoms with Crippen molar-refractivity contribution in [2.24, 2.45) is 117 Å². The molecule has 20 rings (SSSR count). The van der Waals surface area contributed by atoms with E-state index in [1.807, 2.05) is 41.5 Å². The standard InChI is InChI=1S/C18H26N2O2.C18H15P.C13H16ClN.C13H16N4.C13H18N2.C13H17NO.C11H20N2O2.C10H18O5.CH3ClO2S.N3.Na/c1-18(2,3)22-17(21)19-9-14-15-11-20(12-16(14)15)10-13-7-5-4-6-8-13;1-4-10-16(11-5-1)19(17-12-6-2-7-13-17)18-14-8-3-9-15-18;14-6-11-12-8-15(9-13(11)12)7-10-4-2-1-3-5-10;14-16-15-6-11-12-8-17(9-13(11)12)7-10-4-2-1-3-5-10;14-6-11-12-8-15(9-13(11)12)7-10-4-2-1-3-5-10;15-9-13-11-7-14(8-12(11)13)6-10-4-2-1-3-5-10;1-11(2,3)15-10(14)13-6-9-7-4-12-5-8(7)9;1-9(2,3)14-7(11)13-8(12)15-10(4,5)6;1-5(2,3)4;1-3-2;/h4-8,14-16H,9-12H2,1-3H3,(H,19,21);1-15H;1-5,11-13H,6-9H2;1-5,11-13H,6-9H2;1-5,11-13H,6-9,14H2;1-5,11-13,15H,6-9H2;7-9,12H,4-6H2,1-3H3,(H,13,14);1-6H3;1H3;;/q;;;;;;;;;-1;+1. The van der Waals surface area contributed by atoms with Gasteiger partial charge >= 0.3 is 54.1 Å². The number of fused-ring (bicyclic) bond motifs is 6. The van der Waals surface area contributed by atoms with Gasteiger partial charge in [-0.1, -0.05) is 248 Å². The van der Waals surface area contributed by atoms with Crippen molar-refractivity contribution >= 4 is 79.7 Å². The number of azide groups is 1. The number of nitrogens with two attached hydrogens (primary N) is 1. The summed E-state index contributed by atoms with van der Waals surface area (Å²) < 4.78 is 43.0. The van der Waals surface area contributed by atoms with Gasteiger partial charge in [-0.25, -0.2) is 27.6 Å². The predicted octanol–water partition coefficient (Wildman–Crippen LogP) is 16.2. The molecule has 0 spiro atoms. The average Bonchev–Trinajstić information content (AvgIpc) is 1.61. The van der Waals surface area contributed by atoms with E-state index >= 15 is 0 Å².